The summed E-state index contributed by atoms with van der Waals surface area (Å²) in [4.78, 5) is 30.9. The fourth-order valence-electron chi connectivity index (χ4n) is 4.70. The lowest BCUT2D eigenvalue weighted by atomic mass is 10.1. The second-order valence-corrected chi connectivity index (χ2v) is 8.22. The number of para-hydroxylation sites is 1. The molecule has 0 aromatic heterocycles. The lowest BCUT2D eigenvalue weighted by Gasteiger charge is -2.35. The monoisotopic (exact) mass is 412 g/mol. The van der Waals surface area contributed by atoms with E-state index in [9.17, 15) is 9.59 Å². The van der Waals surface area contributed by atoms with E-state index in [1.165, 1.54) is 15.5 Å². The van der Waals surface area contributed by atoms with Crippen LogP contribution in [0, 0.1) is 0 Å². The molecule has 5 nitrogen and oxygen atoms in total. The summed E-state index contributed by atoms with van der Waals surface area (Å²) in [5.74, 6) is -0.166. The van der Waals surface area contributed by atoms with Crippen molar-refractivity contribution in [3.8, 4) is 11.1 Å². The van der Waals surface area contributed by atoms with Crippen LogP contribution in [0.3, 0.4) is 0 Å². The van der Waals surface area contributed by atoms with Crippen LogP contribution in [0.15, 0.2) is 84.9 Å². The van der Waals surface area contributed by atoms with Gasteiger partial charge < -0.3 is 9.80 Å². The Labute approximate surface area is 182 Å². The van der Waals surface area contributed by atoms with Crippen molar-refractivity contribution in [2.45, 2.75) is 12.5 Å². The quantitative estimate of drug-likeness (QED) is 0.670. The van der Waals surface area contributed by atoms with Crippen LogP contribution in [-0.4, -0.2) is 44.0 Å². The number of carbonyl (C=O) groups is 2. The Balaban J connectivity index is 1.27. The summed E-state index contributed by atoms with van der Waals surface area (Å²) in [6, 6.07) is 27.9. The molecule has 2 amide bonds. The first-order valence-corrected chi connectivity index (χ1v) is 10.9. The largest absolute Gasteiger partial charge is 0.360 e. The molecule has 0 aliphatic carbocycles. The van der Waals surface area contributed by atoms with Crippen LogP contribution in [0.5, 0.6) is 0 Å². The van der Waals surface area contributed by atoms with Crippen molar-refractivity contribution in [1.29, 1.82) is 0 Å². The zero-order chi connectivity index (χ0) is 21.2. The summed E-state index contributed by atoms with van der Waals surface area (Å²) < 4.78 is 0. The molecule has 0 saturated carbocycles. The second-order valence-electron chi connectivity index (χ2n) is 8.22. The van der Waals surface area contributed by atoms with Crippen LogP contribution >= 0.6 is 0 Å². The predicted molar refractivity (Wildman–Crippen MR) is 122 cm³/mol. The molecule has 1 N–H and O–H groups in total. The van der Waals surface area contributed by atoms with Gasteiger partial charge in [-0.3, -0.25) is 9.59 Å². The van der Waals surface area contributed by atoms with Gasteiger partial charge in [-0.25, -0.2) is 4.90 Å². The van der Waals surface area contributed by atoms with E-state index in [0.717, 1.165) is 37.3 Å². The zero-order valence-electron chi connectivity index (χ0n) is 17.4. The van der Waals surface area contributed by atoms with E-state index in [1.54, 1.807) is 0 Å². The standard InChI is InChI=1S/C26H25N3O2/c30-25-19-24(28-17-15-27(16-18-28)22-9-5-2-6-10-22)26(31)29(25)23-13-11-21(12-14-23)20-7-3-1-4-8-20/h1-14,24H,15-19H2/p+1/t24-/m1/s1. The molecular weight excluding hydrogens is 386 g/mol. The number of imide groups is 1. The Bertz CT molecular complexity index is 1060. The zero-order valence-corrected chi connectivity index (χ0v) is 17.4. The van der Waals surface area contributed by atoms with E-state index in [2.05, 4.69) is 41.3 Å². The van der Waals surface area contributed by atoms with Crippen LogP contribution in [0.1, 0.15) is 6.42 Å². The summed E-state index contributed by atoms with van der Waals surface area (Å²) in [6.07, 6.45) is 0.292. The predicted octanol–water partition coefficient (Wildman–Crippen LogP) is 2.39. The van der Waals surface area contributed by atoms with Crippen LogP contribution in [0.25, 0.3) is 11.1 Å². The van der Waals surface area contributed by atoms with Gasteiger partial charge in [0.2, 0.25) is 5.91 Å². The Kier molecular flexibility index (Phi) is 5.26. The first kappa shape index (κ1) is 19.5. The number of benzene rings is 3. The first-order valence-electron chi connectivity index (χ1n) is 10.9. The average Bonchev–Trinajstić information content (AvgIpc) is 3.14. The smallest absolute Gasteiger partial charge is 0.292 e. The first-order chi connectivity index (χ1) is 15.2. The van der Waals surface area contributed by atoms with Gasteiger partial charge in [0.05, 0.1) is 38.3 Å². The number of nitrogens with zero attached hydrogens (tertiary/aromatic N) is 2. The minimum absolute atomic E-state index is 0.0689. The van der Waals surface area contributed by atoms with E-state index in [0.29, 0.717) is 12.1 Å². The lowest BCUT2D eigenvalue weighted by molar-refractivity contribution is -0.915. The van der Waals surface area contributed by atoms with Gasteiger partial charge >= 0.3 is 0 Å². The number of quaternary nitrogens is 1. The second kappa shape index (κ2) is 8.36. The summed E-state index contributed by atoms with van der Waals surface area (Å²) >= 11 is 0. The molecule has 156 valence electrons. The number of nitrogens with one attached hydrogen (secondary N) is 1. The molecule has 5 rings (SSSR count). The molecule has 5 heteroatoms. The molecule has 2 heterocycles. The molecule has 2 aliphatic heterocycles. The normalized spacial score (nSPS) is 19.8. The minimum Gasteiger partial charge on any atom is -0.360 e. The summed E-state index contributed by atoms with van der Waals surface area (Å²) in [5.41, 5.74) is 4.07. The maximum atomic E-state index is 13.2. The summed E-state index contributed by atoms with van der Waals surface area (Å²) in [5, 5.41) is 0. The fraction of sp³-hybridized carbons (Fsp3) is 0.231. The molecule has 0 radical (unpaired) electrons. The molecule has 1 atom stereocenters. The van der Waals surface area contributed by atoms with E-state index in [-0.39, 0.29) is 17.9 Å². The SMILES string of the molecule is O=C1C[C@@H]([NH+]2CCN(c3ccccc3)CC2)C(=O)N1c1ccc(-c2ccccc2)cc1. The molecule has 2 fully saturated rings. The topological polar surface area (TPSA) is 45.1 Å². The van der Waals surface area contributed by atoms with E-state index in [4.69, 9.17) is 0 Å². The van der Waals surface area contributed by atoms with E-state index < -0.39 is 0 Å². The van der Waals surface area contributed by atoms with Gasteiger partial charge in [0.15, 0.2) is 6.04 Å². The van der Waals surface area contributed by atoms with Crippen molar-refractivity contribution in [2.24, 2.45) is 0 Å². The van der Waals surface area contributed by atoms with E-state index >= 15 is 0 Å². The van der Waals surface area contributed by atoms with Crippen molar-refractivity contribution in [1.82, 2.24) is 0 Å². The van der Waals surface area contributed by atoms with Gasteiger partial charge in [-0.15, -0.1) is 0 Å². The lowest BCUT2D eigenvalue weighted by Crippen LogP contribution is -3.19. The van der Waals surface area contributed by atoms with Crippen LogP contribution in [0.4, 0.5) is 11.4 Å². The molecule has 0 unspecified atom stereocenters. The molecular formula is C26H26N3O2+. The molecule has 0 spiro atoms. The fourth-order valence-corrected chi connectivity index (χ4v) is 4.70. The average molecular weight is 413 g/mol. The van der Waals surface area contributed by atoms with Gasteiger partial charge in [0.25, 0.3) is 5.91 Å². The highest BCUT2D eigenvalue weighted by Gasteiger charge is 2.46. The number of anilines is 2. The van der Waals surface area contributed by atoms with Gasteiger partial charge in [-0.2, -0.15) is 0 Å². The number of carbonyl (C=O) groups excluding carboxylic acids is 2. The van der Waals surface area contributed by atoms with Crippen molar-refractivity contribution in [3.05, 3.63) is 84.9 Å². The Morgan fingerprint density at radius 2 is 1.26 bits per heavy atom. The molecule has 3 aromatic rings. The molecule has 31 heavy (non-hydrogen) atoms. The highest BCUT2D eigenvalue weighted by Crippen LogP contribution is 2.26. The Morgan fingerprint density at radius 3 is 1.90 bits per heavy atom. The van der Waals surface area contributed by atoms with Gasteiger partial charge in [0.1, 0.15) is 0 Å². The Morgan fingerprint density at radius 1 is 0.677 bits per heavy atom. The molecule has 0 bridgehead atoms. The Hall–Kier alpha value is -3.44. The number of hydrogen-bond acceptors (Lipinski definition) is 3. The molecule has 2 saturated heterocycles. The maximum absolute atomic E-state index is 13.2. The van der Waals surface area contributed by atoms with Gasteiger partial charge in [0, 0.05) is 5.69 Å². The molecule has 2 aliphatic rings. The minimum atomic E-state index is -0.278. The third-order valence-corrected chi connectivity index (χ3v) is 6.40. The third kappa shape index (κ3) is 3.84. The van der Waals surface area contributed by atoms with Crippen molar-refractivity contribution in [3.63, 3.8) is 0 Å². The van der Waals surface area contributed by atoms with Gasteiger partial charge in [-0.1, -0.05) is 60.7 Å². The number of piperazine rings is 1. The van der Waals surface area contributed by atoms with Crippen LogP contribution in [-0.2, 0) is 9.59 Å². The van der Waals surface area contributed by atoms with Crippen molar-refractivity contribution >= 4 is 23.2 Å². The maximum Gasteiger partial charge on any atom is 0.292 e. The van der Waals surface area contributed by atoms with Crippen molar-refractivity contribution < 1.29 is 14.5 Å². The number of amides is 2. The highest BCUT2D eigenvalue weighted by atomic mass is 16.2. The number of rotatable bonds is 4. The summed E-state index contributed by atoms with van der Waals surface area (Å²) in [6.45, 7) is 3.50. The van der Waals surface area contributed by atoms with Crippen molar-refractivity contribution in [2.75, 3.05) is 36.0 Å². The van der Waals surface area contributed by atoms with Crippen LogP contribution in [0.2, 0.25) is 0 Å². The van der Waals surface area contributed by atoms with E-state index in [1.807, 2.05) is 48.5 Å². The summed E-state index contributed by atoms with van der Waals surface area (Å²) in [7, 11) is 0. The van der Waals surface area contributed by atoms with Crippen LogP contribution < -0.4 is 14.7 Å². The third-order valence-electron chi connectivity index (χ3n) is 6.40. The van der Waals surface area contributed by atoms with Gasteiger partial charge in [-0.05, 0) is 35.4 Å². The highest BCUT2D eigenvalue weighted by molar-refractivity contribution is 6.21. The molecule has 3 aromatic carbocycles. The number of hydrogen-bond donors (Lipinski definition) is 1.